The van der Waals surface area contributed by atoms with Crippen molar-refractivity contribution in [3.8, 4) is 11.8 Å². The van der Waals surface area contributed by atoms with Gasteiger partial charge in [-0.05, 0) is 34.6 Å². The molecule has 6 radical (unpaired) electrons. The quantitative estimate of drug-likeness (QED) is 0.128. The first-order valence-electron chi connectivity index (χ1n) is 5.87. The van der Waals surface area contributed by atoms with E-state index in [2.05, 4.69) is 23.6 Å². The van der Waals surface area contributed by atoms with Crippen molar-refractivity contribution >= 4 is 29.8 Å². The van der Waals surface area contributed by atoms with Gasteiger partial charge in [-0.25, -0.2) is 0 Å². The largest absolute Gasteiger partial charge is 1.00 e. The summed E-state index contributed by atoms with van der Waals surface area (Å²) in [5.74, 6) is -0.236. The summed E-state index contributed by atoms with van der Waals surface area (Å²) in [5.41, 5.74) is 2.62. The predicted molar refractivity (Wildman–Crippen MR) is 72.5 cm³/mol. The van der Waals surface area contributed by atoms with Crippen LogP contribution in [0.15, 0.2) is 11.8 Å². The van der Waals surface area contributed by atoms with Crippen LogP contribution in [0.1, 0.15) is 34.6 Å². The van der Waals surface area contributed by atoms with Crippen LogP contribution >= 0.6 is 0 Å². The molecule has 0 atom stereocenters. The molecule has 1 aliphatic rings. The van der Waals surface area contributed by atoms with E-state index in [-0.39, 0.29) is 138 Å². The molecule has 1 rings (SSSR count). The van der Waals surface area contributed by atoms with Crippen LogP contribution in [0.3, 0.4) is 0 Å². The molecule has 0 saturated carbocycles. The van der Waals surface area contributed by atoms with Gasteiger partial charge >= 0.3 is 138 Å². The fourth-order valence-electron chi connectivity index (χ4n) is 0.180. The van der Waals surface area contributed by atoms with Gasteiger partial charge in [0.1, 0.15) is 0 Å². The van der Waals surface area contributed by atoms with Crippen molar-refractivity contribution in [1.82, 2.24) is 0 Å². The third-order valence-corrected chi connectivity index (χ3v) is 0.351. The third-order valence-electron chi connectivity index (χ3n) is 0.351. The van der Waals surface area contributed by atoms with Gasteiger partial charge in [-0.2, -0.15) is 0 Å². The molecule has 0 aromatic carbocycles. The number of hydrogen-bond donors (Lipinski definition) is 0. The maximum Gasteiger partial charge on any atom is 1.00 e. The van der Waals surface area contributed by atoms with Gasteiger partial charge in [0.05, 0.1) is 6.08 Å². The minimum Gasteiger partial charge on any atom is -0.550 e. The van der Waals surface area contributed by atoms with E-state index in [1.807, 2.05) is 0 Å². The van der Waals surface area contributed by atoms with Crippen molar-refractivity contribution in [1.29, 1.82) is 0 Å². The Hall–Kier alpha value is 1.11. The topological polar surface area (TPSA) is 201 Å². The van der Waals surface area contributed by atoms with Crippen molar-refractivity contribution in [2.45, 2.75) is 34.6 Å². The van der Waals surface area contributed by atoms with Crippen molar-refractivity contribution in [2.24, 2.45) is 0 Å². The molecule has 0 saturated heterocycles. The standard InChI is InChI=1S/C5H.5C2H4O2.5Hg/c1-2-4-5-3-1;5*1-2(3)4;;;;;/h1H;5*1H3,(H,3,4);;;;;/q;;;;;;5*+1/p-5. The molecule has 0 fully saturated rings. The molecule has 1 aliphatic carbocycles. The van der Waals surface area contributed by atoms with Gasteiger partial charge in [0, 0.05) is 35.9 Å². The second-order valence-corrected chi connectivity index (χ2v) is 3.14. The molecule has 0 N–H and O–H groups in total. The zero-order chi connectivity index (χ0) is 21.4. The van der Waals surface area contributed by atoms with Crippen LogP contribution in [-0.4, -0.2) is 29.8 Å². The zero-order valence-corrected chi connectivity index (χ0v) is 45.2. The van der Waals surface area contributed by atoms with E-state index < -0.39 is 29.8 Å². The van der Waals surface area contributed by atoms with E-state index in [9.17, 15) is 0 Å². The first-order chi connectivity index (χ1) is 11.2. The third kappa shape index (κ3) is 617. The van der Waals surface area contributed by atoms with Gasteiger partial charge in [0.15, 0.2) is 0 Å². The van der Waals surface area contributed by atoms with Gasteiger partial charge < -0.3 is 49.5 Å². The van der Waals surface area contributed by atoms with Crippen LogP contribution in [0, 0.1) is 17.9 Å². The number of carbonyl (C=O) groups excluding carboxylic acids is 5. The van der Waals surface area contributed by atoms with Crippen molar-refractivity contribution in [3.63, 3.8) is 0 Å². The Kier molecular flexibility index (Phi) is 121. The minimum absolute atomic E-state index is 0. The van der Waals surface area contributed by atoms with Crippen LogP contribution in [-0.2, 0) is 162 Å². The zero-order valence-electron chi connectivity index (χ0n) is 17.7. The monoisotopic (exact) mass is 1370 g/mol. The molecular formula is C15H16Hg5O10. The molecule has 0 heterocycles. The normalized spacial score (nSPS) is 6.03. The average Bonchev–Trinajstić information content (AvgIpc) is 2.80. The Morgan fingerprint density at radius 2 is 0.700 bits per heavy atom. The second kappa shape index (κ2) is 57.3. The van der Waals surface area contributed by atoms with E-state index in [0.717, 1.165) is 34.6 Å². The van der Waals surface area contributed by atoms with Crippen molar-refractivity contribution in [3.05, 3.63) is 17.9 Å². The number of carbonyl (C=O) groups is 5. The summed E-state index contributed by atoms with van der Waals surface area (Å²) in [7, 11) is 0. The molecular weight excluding hydrogens is 1340 g/mol. The molecule has 0 aliphatic heterocycles. The number of carboxylic acid groups (broad SMARTS) is 5. The van der Waals surface area contributed by atoms with Gasteiger partial charge in [-0.15, -0.1) is 0 Å². The molecule has 0 bridgehead atoms. The second-order valence-electron chi connectivity index (χ2n) is 3.14. The molecule has 0 amide bonds. The number of carboxylic acids is 5. The first-order valence-corrected chi connectivity index (χ1v) is 5.87. The summed E-state index contributed by atoms with van der Waals surface area (Å²) in [6.45, 7) is 4.86. The summed E-state index contributed by atoms with van der Waals surface area (Å²) in [5, 5.41) is 44.4. The Morgan fingerprint density at radius 1 is 0.533 bits per heavy atom. The fraction of sp³-hybridized carbons (Fsp3) is 0.333. The average molecular weight is 1360 g/mol. The van der Waals surface area contributed by atoms with Crippen molar-refractivity contribution in [2.75, 3.05) is 0 Å². The van der Waals surface area contributed by atoms with Crippen LogP contribution in [0.25, 0.3) is 0 Å². The van der Waals surface area contributed by atoms with E-state index in [1.54, 1.807) is 6.08 Å². The molecule has 30 heavy (non-hydrogen) atoms. The summed E-state index contributed by atoms with van der Waals surface area (Å²) >= 11 is 0. The fourth-order valence-corrected chi connectivity index (χ4v) is 0.180. The smallest absolute Gasteiger partial charge is 0.550 e. The number of rotatable bonds is 0. The molecule has 0 spiro atoms. The van der Waals surface area contributed by atoms with Gasteiger partial charge in [0.25, 0.3) is 0 Å². The van der Waals surface area contributed by atoms with Crippen molar-refractivity contribution < 1.29 is 188 Å². The Morgan fingerprint density at radius 3 is 0.733 bits per heavy atom. The molecule has 10 nitrogen and oxygen atoms in total. The Bertz CT molecular complexity index is 446. The van der Waals surface area contributed by atoms with E-state index in [1.165, 1.54) is 0 Å². The van der Waals surface area contributed by atoms with Crippen LogP contribution in [0.4, 0.5) is 0 Å². The number of aliphatic carboxylic acids is 5. The van der Waals surface area contributed by atoms with Crippen LogP contribution in [0.2, 0.25) is 0 Å². The van der Waals surface area contributed by atoms with E-state index in [4.69, 9.17) is 49.5 Å². The molecule has 0 aromatic heterocycles. The maximum absolute atomic E-state index is 8.89. The number of allylic oxidation sites excluding steroid dienone is 1. The summed E-state index contributed by atoms with van der Waals surface area (Å²) in [6.07, 6.45) is 4.19. The van der Waals surface area contributed by atoms with Crippen LogP contribution in [0.5, 0.6) is 0 Å². The first kappa shape index (κ1) is 63.3. The van der Waals surface area contributed by atoms with Gasteiger partial charge in [-0.1, -0.05) is 17.6 Å². The predicted octanol–water partition coefficient (Wildman–Crippen LogP) is -5.71. The van der Waals surface area contributed by atoms with Gasteiger partial charge in [-0.3, -0.25) is 0 Å². The summed E-state index contributed by atoms with van der Waals surface area (Å²) < 4.78 is 0. The molecule has 0 aromatic rings. The summed E-state index contributed by atoms with van der Waals surface area (Å²) in [4.78, 5) is 44.4. The maximum atomic E-state index is 8.89. The number of hydrogen-bond acceptors (Lipinski definition) is 10. The minimum atomic E-state index is -1.08. The summed E-state index contributed by atoms with van der Waals surface area (Å²) in [6, 6.07) is 0. The van der Waals surface area contributed by atoms with E-state index in [0.29, 0.717) is 0 Å². The Balaban J connectivity index is -0.0000000194. The molecule has 0 unspecified atom stereocenters. The van der Waals surface area contributed by atoms with Gasteiger partial charge in [0.2, 0.25) is 0 Å². The van der Waals surface area contributed by atoms with Crippen LogP contribution < -0.4 is 25.5 Å². The van der Waals surface area contributed by atoms with E-state index >= 15 is 0 Å². The Labute approximate surface area is 277 Å². The molecule has 146 valence electrons. The molecule has 15 heteroatoms. The SMILES string of the molecule is CC(=O)[O-].CC(=O)[O-].CC(=O)[O-].CC(=O)[O-].CC(=O)[O-].[C]1=C=CC#C1.[Hg+].[Hg+].[Hg+].[Hg+].[Hg+].